The first-order valence-electron chi connectivity index (χ1n) is 8.35. The fourth-order valence-corrected chi connectivity index (χ4v) is 2.58. The molecule has 0 heterocycles. The second kappa shape index (κ2) is 10.9. The maximum absolute atomic E-state index is 11.6. The molecule has 0 spiro atoms. The lowest BCUT2D eigenvalue weighted by molar-refractivity contribution is 0.165. The summed E-state index contributed by atoms with van der Waals surface area (Å²) in [5.74, 6) is 0.812. The van der Waals surface area contributed by atoms with Crippen molar-refractivity contribution in [1.82, 2.24) is 10.2 Å². The lowest BCUT2D eigenvalue weighted by atomic mass is 10.0. The van der Waals surface area contributed by atoms with Crippen LogP contribution in [0.1, 0.15) is 44.7 Å². The minimum Gasteiger partial charge on any atom is -0.497 e. The van der Waals surface area contributed by atoms with Crippen molar-refractivity contribution < 1.29 is 14.3 Å². The number of rotatable bonds is 10. The highest BCUT2D eigenvalue weighted by Gasteiger charge is 2.15. The van der Waals surface area contributed by atoms with Gasteiger partial charge in [0, 0.05) is 0 Å². The highest BCUT2D eigenvalue weighted by atomic mass is 16.5. The third kappa shape index (κ3) is 6.91. The fourth-order valence-electron chi connectivity index (χ4n) is 2.58. The van der Waals surface area contributed by atoms with E-state index in [1.54, 1.807) is 7.11 Å². The molecule has 0 fully saturated rings. The molecule has 0 radical (unpaired) electrons. The third-order valence-electron chi connectivity index (χ3n) is 4.11. The minimum absolute atomic E-state index is 0.0370. The second-order valence-corrected chi connectivity index (χ2v) is 5.48. The van der Waals surface area contributed by atoms with Crippen LogP contribution in [0.5, 0.6) is 5.75 Å². The van der Waals surface area contributed by atoms with Gasteiger partial charge in [-0.2, -0.15) is 0 Å². The van der Waals surface area contributed by atoms with Crippen LogP contribution in [0.3, 0.4) is 0 Å². The largest absolute Gasteiger partial charge is 0.497 e. The van der Waals surface area contributed by atoms with Crippen LogP contribution in [0.25, 0.3) is 0 Å². The van der Waals surface area contributed by atoms with E-state index in [0.29, 0.717) is 0 Å². The highest BCUT2D eigenvalue weighted by molar-refractivity contribution is 5.67. The Balaban J connectivity index is 2.59. The SMILES string of the molecule is CCN(CC)CCCCC(NC(=O)OC)c1ccc(OC)cc1. The molecular weight excluding hydrogens is 292 g/mol. The number of benzene rings is 1. The Morgan fingerprint density at radius 1 is 1.13 bits per heavy atom. The molecule has 0 aliphatic heterocycles. The van der Waals surface area contributed by atoms with Crippen LogP contribution in [-0.4, -0.2) is 44.8 Å². The van der Waals surface area contributed by atoms with E-state index in [9.17, 15) is 4.79 Å². The Morgan fingerprint density at radius 3 is 2.30 bits per heavy atom. The Hall–Kier alpha value is -1.75. The summed E-state index contributed by atoms with van der Waals surface area (Å²) in [6.07, 6.45) is 2.67. The lowest BCUT2D eigenvalue weighted by Gasteiger charge is -2.21. The van der Waals surface area contributed by atoms with Crippen LogP contribution < -0.4 is 10.1 Å². The molecule has 0 bridgehead atoms. The molecule has 0 aromatic heterocycles. The number of nitrogens with zero attached hydrogens (tertiary/aromatic N) is 1. The van der Waals surface area contributed by atoms with Gasteiger partial charge in [-0.3, -0.25) is 0 Å². The molecule has 23 heavy (non-hydrogen) atoms. The number of carbonyl (C=O) groups excluding carboxylic acids is 1. The number of methoxy groups -OCH3 is 2. The van der Waals surface area contributed by atoms with E-state index in [-0.39, 0.29) is 6.04 Å². The molecule has 1 atom stereocenters. The van der Waals surface area contributed by atoms with Gasteiger partial charge in [0.2, 0.25) is 0 Å². The number of unbranched alkanes of at least 4 members (excludes halogenated alkanes) is 1. The van der Waals surface area contributed by atoms with E-state index >= 15 is 0 Å². The first kappa shape index (κ1) is 19.3. The lowest BCUT2D eigenvalue weighted by Crippen LogP contribution is -2.29. The van der Waals surface area contributed by atoms with E-state index in [0.717, 1.165) is 50.2 Å². The molecule has 130 valence electrons. The third-order valence-corrected chi connectivity index (χ3v) is 4.11. The predicted molar refractivity (Wildman–Crippen MR) is 92.9 cm³/mol. The summed E-state index contributed by atoms with van der Waals surface area (Å²) in [6.45, 7) is 7.63. The average molecular weight is 322 g/mol. The summed E-state index contributed by atoms with van der Waals surface area (Å²) in [4.78, 5) is 14.0. The number of amides is 1. The van der Waals surface area contributed by atoms with E-state index in [4.69, 9.17) is 9.47 Å². The minimum atomic E-state index is -0.394. The smallest absolute Gasteiger partial charge is 0.407 e. The number of ether oxygens (including phenoxy) is 2. The van der Waals surface area contributed by atoms with Gasteiger partial charge in [0.1, 0.15) is 5.75 Å². The van der Waals surface area contributed by atoms with Gasteiger partial charge < -0.3 is 19.7 Å². The summed E-state index contributed by atoms with van der Waals surface area (Å²) in [6, 6.07) is 7.77. The number of hydrogen-bond donors (Lipinski definition) is 1. The topological polar surface area (TPSA) is 50.8 Å². The molecule has 1 aromatic rings. The summed E-state index contributed by atoms with van der Waals surface area (Å²) in [5.41, 5.74) is 1.07. The summed E-state index contributed by atoms with van der Waals surface area (Å²) < 4.78 is 9.93. The van der Waals surface area contributed by atoms with Gasteiger partial charge in [-0.25, -0.2) is 4.79 Å². The molecule has 5 nitrogen and oxygen atoms in total. The normalized spacial score (nSPS) is 12.0. The standard InChI is InChI=1S/C18H30N2O3/c1-5-20(6-2)14-8-7-9-17(19-18(21)23-4)15-10-12-16(22-3)13-11-15/h10-13,17H,5-9,14H2,1-4H3,(H,19,21). The maximum Gasteiger partial charge on any atom is 0.407 e. The van der Waals surface area contributed by atoms with Crippen LogP contribution in [0, 0.1) is 0 Å². The molecular formula is C18H30N2O3. The van der Waals surface area contributed by atoms with Crippen LogP contribution in [-0.2, 0) is 4.74 Å². The zero-order valence-corrected chi connectivity index (χ0v) is 14.8. The van der Waals surface area contributed by atoms with Gasteiger partial charge in [-0.15, -0.1) is 0 Å². The second-order valence-electron chi connectivity index (χ2n) is 5.48. The number of nitrogens with one attached hydrogen (secondary N) is 1. The van der Waals surface area contributed by atoms with Gasteiger partial charge >= 0.3 is 6.09 Å². The average Bonchev–Trinajstić information content (AvgIpc) is 2.60. The van der Waals surface area contributed by atoms with Crippen LogP contribution >= 0.6 is 0 Å². The van der Waals surface area contributed by atoms with Crippen LogP contribution in [0.15, 0.2) is 24.3 Å². The Bertz CT molecular complexity index is 444. The van der Waals surface area contributed by atoms with Crippen molar-refractivity contribution in [2.75, 3.05) is 33.9 Å². The zero-order valence-electron chi connectivity index (χ0n) is 14.8. The highest BCUT2D eigenvalue weighted by Crippen LogP contribution is 2.22. The molecule has 0 aliphatic rings. The Morgan fingerprint density at radius 2 is 1.78 bits per heavy atom. The molecule has 1 N–H and O–H groups in total. The number of carbonyl (C=O) groups is 1. The van der Waals surface area contributed by atoms with Gasteiger partial charge in [0.05, 0.1) is 20.3 Å². The summed E-state index contributed by atoms with van der Waals surface area (Å²) in [5, 5.41) is 2.92. The number of alkyl carbamates (subject to hydrolysis) is 1. The molecule has 0 aliphatic carbocycles. The van der Waals surface area contributed by atoms with Crippen molar-refractivity contribution >= 4 is 6.09 Å². The van der Waals surface area contributed by atoms with E-state index in [1.165, 1.54) is 7.11 Å². The monoisotopic (exact) mass is 322 g/mol. The van der Waals surface area contributed by atoms with Crippen LogP contribution in [0.2, 0.25) is 0 Å². The van der Waals surface area contributed by atoms with Gasteiger partial charge in [-0.05, 0) is 56.6 Å². The Labute approximate surface area is 140 Å². The zero-order chi connectivity index (χ0) is 17.1. The molecule has 5 heteroatoms. The first-order valence-corrected chi connectivity index (χ1v) is 8.35. The predicted octanol–water partition coefficient (Wildman–Crippen LogP) is 3.60. The van der Waals surface area contributed by atoms with Gasteiger partial charge in [0.25, 0.3) is 0 Å². The van der Waals surface area contributed by atoms with Crippen molar-refractivity contribution in [1.29, 1.82) is 0 Å². The molecule has 1 aromatic carbocycles. The number of hydrogen-bond acceptors (Lipinski definition) is 4. The van der Waals surface area contributed by atoms with Gasteiger partial charge in [0.15, 0.2) is 0 Å². The van der Waals surface area contributed by atoms with Crippen molar-refractivity contribution in [3.63, 3.8) is 0 Å². The fraction of sp³-hybridized carbons (Fsp3) is 0.611. The quantitative estimate of drug-likeness (QED) is 0.669. The molecule has 0 saturated carbocycles. The Kier molecular flexibility index (Phi) is 9.14. The first-order chi connectivity index (χ1) is 11.1. The van der Waals surface area contributed by atoms with E-state index in [2.05, 4.69) is 24.1 Å². The van der Waals surface area contributed by atoms with Crippen molar-refractivity contribution in [3.05, 3.63) is 29.8 Å². The van der Waals surface area contributed by atoms with Crippen molar-refractivity contribution in [2.45, 2.75) is 39.2 Å². The summed E-state index contributed by atoms with van der Waals surface area (Å²) >= 11 is 0. The molecule has 1 unspecified atom stereocenters. The van der Waals surface area contributed by atoms with E-state index < -0.39 is 6.09 Å². The maximum atomic E-state index is 11.6. The van der Waals surface area contributed by atoms with Crippen molar-refractivity contribution in [2.24, 2.45) is 0 Å². The molecule has 1 rings (SSSR count). The summed E-state index contributed by atoms with van der Waals surface area (Å²) in [7, 11) is 3.03. The van der Waals surface area contributed by atoms with Crippen LogP contribution in [0.4, 0.5) is 4.79 Å². The van der Waals surface area contributed by atoms with Gasteiger partial charge in [-0.1, -0.05) is 26.0 Å². The van der Waals surface area contributed by atoms with E-state index in [1.807, 2.05) is 24.3 Å². The van der Waals surface area contributed by atoms with Crippen molar-refractivity contribution in [3.8, 4) is 5.75 Å². The molecule has 0 saturated heterocycles. The molecule has 1 amide bonds.